The number of amides is 1. The van der Waals surface area contributed by atoms with E-state index in [0.717, 1.165) is 22.8 Å². The molecule has 1 fully saturated rings. The number of rotatable bonds is 5. The number of aromatic amines is 1. The highest BCUT2D eigenvalue weighted by Crippen LogP contribution is 2.24. The van der Waals surface area contributed by atoms with Gasteiger partial charge < -0.3 is 14.5 Å². The summed E-state index contributed by atoms with van der Waals surface area (Å²) in [5, 5.41) is 9.11. The van der Waals surface area contributed by atoms with Crippen molar-refractivity contribution in [2.24, 2.45) is 0 Å². The van der Waals surface area contributed by atoms with Crippen molar-refractivity contribution in [1.29, 1.82) is 0 Å². The molecule has 1 atom stereocenters. The van der Waals surface area contributed by atoms with Crippen molar-refractivity contribution in [3.8, 4) is 16.5 Å². The van der Waals surface area contributed by atoms with E-state index in [4.69, 9.17) is 4.74 Å². The Labute approximate surface area is 160 Å². The Morgan fingerprint density at radius 2 is 2.30 bits per heavy atom. The third kappa shape index (κ3) is 3.77. The molecule has 0 bridgehead atoms. The minimum absolute atomic E-state index is 0.0896. The van der Waals surface area contributed by atoms with Gasteiger partial charge in [-0.2, -0.15) is 10.1 Å². The summed E-state index contributed by atoms with van der Waals surface area (Å²) in [6.45, 7) is 1.14. The van der Waals surface area contributed by atoms with Crippen LogP contribution in [0.25, 0.3) is 10.6 Å². The Hall–Kier alpha value is -2.94. The summed E-state index contributed by atoms with van der Waals surface area (Å²) >= 11 is 1.61. The van der Waals surface area contributed by atoms with Gasteiger partial charge in [0.1, 0.15) is 6.10 Å². The van der Waals surface area contributed by atoms with Gasteiger partial charge in [-0.3, -0.25) is 14.9 Å². The molecular weight excluding hydrogens is 364 g/mol. The van der Waals surface area contributed by atoms with E-state index in [1.165, 1.54) is 0 Å². The van der Waals surface area contributed by atoms with Crippen molar-refractivity contribution in [3.63, 3.8) is 0 Å². The van der Waals surface area contributed by atoms with E-state index in [1.807, 2.05) is 36.5 Å². The largest absolute Gasteiger partial charge is 0.471 e. The van der Waals surface area contributed by atoms with E-state index in [1.54, 1.807) is 34.7 Å². The molecule has 1 unspecified atom stereocenters. The van der Waals surface area contributed by atoms with Crippen LogP contribution in [0.3, 0.4) is 0 Å². The number of hydrogen-bond acceptors (Lipinski definition) is 7. The molecule has 1 aliphatic heterocycles. The number of nitrogens with zero attached hydrogens (tertiary/aromatic N) is 5. The fourth-order valence-corrected chi connectivity index (χ4v) is 3.63. The number of carbonyl (C=O) groups excluding carboxylic acids is 1. The number of hydrogen-bond donors (Lipinski definition) is 1. The maximum absolute atomic E-state index is 12.7. The highest BCUT2D eigenvalue weighted by molar-refractivity contribution is 7.13. The summed E-state index contributed by atoms with van der Waals surface area (Å²) < 4.78 is 5.93. The number of aromatic nitrogens is 4. The first-order chi connectivity index (χ1) is 13.1. The van der Waals surface area contributed by atoms with Crippen molar-refractivity contribution < 1.29 is 9.53 Å². The van der Waals surface area contributed by atoms with Crippen LogP contribution < -0.4 is 9.64 Å². The molecule has 27 heavy (non-hydrogen) atoms. The highest BCUT2D eigenvalue weighted by Gasteiger charge is 2.30. The standard InChI is InChI=1S/C18H20N6O2S/c1-23(2)16-9-19-10-17(20-16)26-12-5-6-24(11-12)18(25)14-8-13(21-22-14)15-4-3-7-27-15/h3-4,7-10,12H,5-6,11H2,1-2H3,(H,21,22). The number of H-pyrrole nitrogens is 1. The predicted octanol–water partition coefficient (Wildman–Crippen LogP) is 2.29. The van der Waals surface area contributed by atoms with E-state index in [9.17, 15) is 4.79 Å². The average molecular weight is 384 g/mol. The molecule has 0 saturated carbocycles. The predicted molar refractivity (Wildman–Crippen MR) is 103 cm³/mol. The molecular formula is C18H20N6O2S. The number of ether oxygens (including phenoxy) is 1. The summed E-state index contributed by atoms with van der Waals surface area (Å²) in [5.41, 5.74) is 1.28. The van der Waals surface area contributed by atoms with Gasteiger partial charge >= 0.3 is 0 Å². The second-order valence-electron chi connectivity index (χ2n) is 6.53. The first kappa shape index (κ1) is 17.5. The summed E-state index contributed by atoms with van der Waals surface area (Å²) in [4.78, 5) is 26.0. The quantitative estimate of drug-likeness (QED) is 0.726. The van der Waals surface area contributed by atoms with E-state index >= 15 is 0 Å². The van der Waals surface area contributed by atoms with E-state index in [-0.39, 0.29) is 12.0 Å². The molecule has 9 heteroatoms. The van der Waals surface area contributed by atoms with E-state index in [0.29, 0.717) is 24.7 Å². The third-order valence-electron chi connectivity index (χ3n) is 4.36. The van der Waals surface area contributed by atoms with Gasteiger partial charge in [-0.05, 0) is 17.5 Å². The van der Waals surface area contributed by atoms with Gasteiger partial charge in [0.2, 0.25) is 5.88 Å². The molecule has 4 rings (SSSR count). The van der Waals surface area contributed by atoms with Gasteiger partial charge in [0, 0.05) is 27.1 Å². The first-order valence-corrected chi connectivity index (χ1v) is 9.52. The van der Waals surface area contributed by atoms with Crippen LogP contribution in [-0.4, -0.2) is 64.3 Å². The smallest absolute Gasteiger partial charge is 0.274 e. The molecule has 0 radical (unpaired) electrons. The molecule has 4 heterocycles. The number of nitrogens with one attached hydrogen (secondary N) is 1. The van der Waals surface area contributed by atoms with Gasteiger partial charge in [0.15, 0.2) is 11.5 Å². The summed E-state index contributed by atoms with van der Waals surface area (Å²) in [5.74, 6) is 1.12. The molecule has 1 N–H and O–H groups in total. The lowest BCUT2D eigenvalue weighted by molar-refractivity contribution is 0.0765. The van der Waals surface area contributed by atoms with Crippen molar-refractivity contribution in [2.45, 2.75) is 12.5 Å². The minimum atomic E-state index is -0.101. The maximum atomic E-state index is 12.7. The van der Waals surface area contributed by atoms with E-state index in [2.05, 4.69) is 20.2 Å². The van der Waals surface area contributed by atoms with Gasteiger partial charge in [-0.25, -0.2) is 0 Å². The van der Waals surface area contributed by atoms with Gasteiger partial charge in [-0.1, -0.05) is 6.07 Å². The third-order valence-corrected chi connectivity index (χ3v) is 5.26. The number of likely N-dealkylation sites (tertiary alicyclic amines) is 1. The van der Waals surface area contributed by atoms with Crippen LogP contribution in [0.1, 0.15) is 16.9 Å². The first-order valence-electron chi connectivity index (χ1n) is 8.65. The maximum Gasteiger partial charge on any atom is 0.274 e. The molecule has 1 amide bonds. The average Bonchev–Trinajstić information content (AvgIpc) is 3.42. The van der Waals surface area contributed by atoms with Crippen molar-refractivity contribution in [2.75, 3.05) is 32.1 Å². The van der Waals surface area contributed by atoms with Crippen molar-refractivity contribution >= 4 is 23.1 Å². The lowest BCUT2D eigenvalue weighted by Gasteiger charge is -2.17. The number of thiophene rings is 1. The Morgan fingerprint density at radius 1 is 1.41 bits per heavy atom. The molecule has 8 nitrogen and oxygen atoms in total. The second-order valence-corrected chi connectivity index (χ2v) is 7.48. The molecule has 3 aromatic rings. The second kappa shape index (κ2) is 7.36. The Morgan fingerprint density at radius 3 is 3.07 bits per heavy atom. The fraction of sp³-hybridized carbons (Fsp3) is 0.333. The van der Waals surface area contributed by atoms with E-state index < -0.39 is 0 Å². The molecule has 0 aromatic carbocycles. The van der Waals surface area contributed by atoms with Crippen LogP contribution in [-0.2, 0) is 0 Å². The summed E-state index contributed by atoms with van der Waals surface area (Å²) in [7, 11) is 3.80. The normalized spacial score (nSPS) is 16.5. The summed E-state index contributed by atoms with van der Waals surface area (Å²) in [6, 6.07) is 5.77. The van der Waals surface area contributed by atoms with Gasteiger partial charge in [0.25, 0.3) is 5.91 Å². The lowest BCUT2D eigenvalue weighted by atomic mass is 10.3. The number of carbonyl (C=O) groups is 1. The van der Waals surface area contributed by atoms with Crippen LogP contribution in [0, 0.1) is 0 Å². The molecule has 140 valence electrons. The SMILES string of the molecule is CN(C)c1cncc(OC2CCN(C(=O)c3cc(-c4cccs4)[nH]n3)C2)n1. The monoisotopic (exact) mass is 384 g/mol. The molecule has 0 spiro atoms. The molecule has 3 aromatic heterocycles. The van der Waals surface area contributed by atoms with Crippen molar-refractivity contribution in [1.82, 2.24) is 25.1 Å². The Kier molecular flexibility index (Phi) is 4.76. The zero-order chi connectivity index (χ0) is 18.8. The van der Waals surface area contributed by atoms with Crippen LogP contribution in [0.2, 0.25) is 0 Å². The zero-order valence-corrected chi connectivity index (χ0v) is 15.9. The van der Waals surface area contributed by atoms with Gasteiger partial charge in [0.05, 0.1) is 29.5 Å². The van der Waals surface area contributed by atoms with Gasteiger partial charge in [-0.15, -0.1) is 11.3 Å². The summed E-state index contributed by atoms with van der Waals surface area (Å²) in [6.07, 6.45) is 3.93. The topological polar surface area (TPSA) is 87.2 Å². The van der Waals surface area contributed by atoms with Crippen LogP contribution in [0.4, 0.5) is 5.82 Å². The van der Waals surface area contributed by atoms with Crippen LogP contribution in [0.15, 0.2) is 36.0 Å². The van der Waals surface area contributed by atoms with Crippen molar-refractivity contribution in [3.05, 3.63) is 41.7 Å². The zero-order valence-electron chi connectivity index (χ0n) is 15.1. The van der Waals surface area contributed by atoms with Crippen LogP contribution >= 0.6 is 11.3 Å². The number of anilines is 1. The lowest BCUT2D eigenvalue weighted by Crippen LogP contribution is -2.31. The van der Waals surface area contributed by atoms with Crippen LogP contribution in [0.5, 0.6) is 5.88 Å². The fourth-order valence-electron chi connectivity index (χ4n) is 2.94. The minimum Gasteiger partial charge on any atom is -0.471 e. The Bertz CT molecular complexity index is 924. The molecule has 1 aliphatic rings. The molecule has 0 aliphatic carbocycles. The molecule has 1 saturated heterocycles. The Balaban J connectivity index is 1.39. The highest BCUT2D eigenvalue weighted by atomic mass is 32.1.